The molecule has 7 rings (SSSR count). The van der Waals surface area contributed by atoms with E-state index in [0.29, 0.717) is 0 Å². The monoisotopic (exact) mass is 580 g/mol. The number of anilines is 1. The summed E-state index contributed by atoms with van der Waals surface area (Å²) in [5.41, 5.74) is 4.95. The van der Waals surface area contributed by atoms with Crippen LogP contribution in [0.5, 0.6) is 0 Å². The van der Waals surface area contributed by atoms with E-state index < -0.39 is 37.2 Å². The van der Waals surface area contributed by atoms with Gasteiger partial charge >= 0.3 is 0 Å². The Hall–Kier alpha value is -2.84. The summed E-state index contributed by atoms with van der Waals surface area (Å²) in [6.07, 6.45) is 0. The van der Waals surface area contributed by atoms with Gasteiger partial charge in [0.2, 0.25) is 11.8 Å². The Morgan fingerprint density at radius 3 is 1.56 bits per heavy atom. The number of hydrogen-bond acceptors (Lipinski definition) is 4. The number of imide groups is 1. The maximum absolute atomic E-state index is 14.1. The van der Waals surface area contributed by atoms with Gasteiger partial charge in [0, 0.05) is 6.07 Å². The van der Waals surface area contributed by atoms with Crippen LogP contribution in [-0.4, -0.2) is 16.7 Å². The number of carbonyl (C=O) groups is 2. The van der Waals surface area contributed by atoms with E-state index in [1.54, 1.807) is 13.0 Å². The number of nitrogens with zero attached hydrogens (tertiary/aromatic N) is 2. The number of alkyl halides is 2. The number of nitro benzene ring substituents is 1. The first-order valence-electron chi connectivity index (χ1n) is 10.8. The zero-order valence-electron chi connectivity index (χ0n) is 18.2. The van der Waals surface area contributed by atoms with Crippen molar-refractivity contribution in [2.75, 3.05) is 4.90 Å². The summed E-state index contributed by atoms with van der Waals surface area (Å²) in [5, 5.41) is 11.9. The van der Waals surface area contributed by atoms with Crippen LogP contribution in [-0.2, 0) is 18.2 Å². The number of aryl methyl sites for hydroxylation is 2. The second-order valence-electron chi connectivity index (χ2n) is 9.16. The van der Waals surface area contributed by atoms with Gasteiger partial charge in [0.05, 0.1) is 25.4 Å². The number of rotatable bonds is 2. The molecule has 0 saturated carbocycles. The van der Waals surface area contributed by atoms with Crippen molar-refractivity contribution in [1.29, 1.82) is 0 Å². The molecule has 1 fully saturated rings. The minimum absolute atomic E-state index is 0.0252. The van der Waals surface area contributed by atoms with E-state index in [1.807, 2.05) is 55.5 Å². The Morgan fingerprint density at radius 1 is 0.794 bits per heavy atom. The normalized spacial score (nSPS) is 28.5. The molecule has 2 atom stereocenters. The third-order valence-electron chi connectivity index (χ3n) is 7.61. The van der Waals surface area contributed by atoms with Gasteiger partial charge in [-0.25, -0.2) is 4.90 Å². The van der Waals surface area contributed by atoms with Gasteiger partial charge in [0.25, 0.3) is 5.69 Å². The third kappa shape index (κ3) is 2.35. The summed E-state index contributed by atoms with van der Waals surface area (Å²) in [6.45, 7) is 3.59. The highest BCUT2D eigenvalue weighted by Gasteiger charge is 2.72. The maximum atomic E-state index is 14.1. The molecule has 2 amide bonds. The first-order chi connectivity index (χ1) is 16.1. The molecule has 34 heavy (non-hydrogen) atoms. The van der Waals surface area contributed by atoms with Crippen molar-refractivity contribution in [3.8, 4) is 0 Å². The summed E-state index contributed by atoms with van der Waals surface area (Å²) in [5.74, 6) is -2.42. The first-order valence-corrected chi connectivity index (χ1v) is 12.4. The van der Waals surface area contributed by atoms with Crippen LogP contribution < -0.4 is 4.90 Å². The van der Waals surface area contributed by atoms with Gasteiger partial charge < -0.3 is 0 Å². The Morgan fingerprint density at radius 2 is 1.18 bits per heavy atom. The molecular weight excluding hydrogens is 564 g/mol. The Bertz CT molecular complexity index is 1350. The Labute approximate surface area is 212 Å². The molecule has 3 aromatic carbocycles. The summed E-state index contributed by atoms with van der Waals surface area (Å²) >= 11 is 7.90. The zero-order valence-corrected chi connectivity index (χ0v) is 21.4. The van der Waals surface area contributed by atoms with E-state index in [4.69, 9.17) is 0 Å². The molecule has 0 radical (unpaired) electrons. The van der Waals surface area contributed by atoms with E-state index in [9.17, 15) is 19.7 Å². The van der Waals surface area contributed by atoms with Crippen LogP contribution in [0.3, 0.4) is 0 Å². The van der Waals surface area contributed by atoms with Crippen LogP contribution in [0.2, 0.25) is 0 Å². The van der Waals surface area contributed by atoms with Crippen molar-refractivity contribution >= 4 is 55.0 Å². The Balaban J connectivity index is 1.65. The van der Waals surface area contributed by atoms with E-state index in [-0.39, 0.29) is 11.4 Å². The third-order valence-corrected chi connectivity index (χ3v) is 10.3. The number of halogens is 2. The molecule has 0 unspecified atom stereocenters. The molecular formula is C26H18Br2N2O4. The number of nitro groups is 1. The standard InChI is InChI=1S/C26H18Br2N2O4/c1-13-11-19(20(30(33)34)12-14(13)2)29-23(31)21-22(24(29)32)26(28)16-8-4-3-7-15(16)25(21,27)17-9-5-6-10-18(17)26/h3-12,21-22H,1-2H3/t21-,22+,25?,26?. The van der Waals surface area contributed by atoms with Crippen LogP contribution in [0.4, 0.5) is 11.4 Å². The number of hydrogen-bond donors (Lipinski definition) is 0. The highest BCUT2D eigenvalue weighted by molar-refractivity contribution is 9.10. The molecule has 1 saturated heterocycles. The lowest BCUT2D eigenvalue weighted by Crippen LogP contribution is -2.56. The Kier molecular flexibility index (Phi) is 4.37. The number of carbonyl (C=O) groups excluding carboxylic acids is 2. The van der Waals surface area contributed by atoms with Gasteiger partial charge in [-0.2, -0.15) is 0 Å². The molecule has 1 heterocycles. The van der Waals surface area contributed by atoms with Gasteiger partial charge in [-0.3, -0.25) is 19.7 Å². The van der Waals surface area contributed by atoms with Crippen LogP contribution in [0.15, 0.2) is 60.7 Å². The molecule has 8 heteroatoms. The zero-order chi connectivity index (χ0) is 24.2. The average molecular weight is 582 g/mol. The molecule has 0 spiro atoms. The molecule has 2 bridgehead atoms. The van der Waals surface area contributed by atoms with Crippen molar-refractivity contribution in [1.82, 2.24) is 0 Å². The molecule has 6 nitrogen and oxygen atoms in total. The van der Waals surface area contributed by atoms with Gasteiger partial charge in [0.1, 0.15) is 5.69 Å². The predicted octanol–water partition coefficient (Wildman–Crippen LogP) is 5.62. The van der Waals surface area contributed by atoms with Crippen LogP contribution in [0.1, 0.15) is 33.4 Å². The lowest BCUT2D eigenvalue weighted by Gasteiger charge is -2.55. The SMILES string of the molecule is Cc1cc(N2C(=O)[C@@H]3[C@H](C2=O)C2(Br)c4ccccc4C3(Br)c3ccccc32)c([N+](=O)[O-])cc1C. The summed E-state index contributed by atoms with van der Waals surface area (Å²) in [7, 11) is 0. The summed E-state index contributed by atoms with van der Waals surface area (Å²) < 4.78 is -1.87. The van der Waals surface area contributed by atoms with Gasteiger partial charge in [-0.1, -0.05) is 80.4 Å². The molecule has 170 valence electrons. The highest BCUT2D eigenvalue weighted by atomic mass is 79.9. The molecule has 3 aliphatic carbocycles. The van der Waals surface area contributed by atoms with Gasteiger partial charge in [-0.15, -0.1) is 0 Å². The topological polar surface area (TPSA) is 80.5 Å². The van der Waals surface area contributed by atoms with Crippen molar-refractivity contribution in [2.45, 2.75) is 22.5 Å². The largest absolute Gasteiger partial charge is 0.293 e. The van der Waals surface area contributed by atoms with Crippen molar-refractivity contribution in [3.05, 3.63) is 104 Å². The second kappa shape index (κ2) is 6.86. The van der Waals surface area contributed by atoms with Crippen LogP contribution >= 0.6 is 31.9 Å². The van der Waals surface area contributed by atoms with E-state index in [2.05, 4.69) is 31.9 Å². The minimum atomic E-state index is -0.934. The lowest BCUT2D eigenvalue weighted by molar-refractivity contribution is -0.384. The number of benzene rings is 3. The predicted molar refractivity (Wildman–Crippen MR) is 134 cm³/mol. The highest BCUT2D eigenvalue weighted by Crippen LogP contribution is 2.71. The fourth-order valence-electron chi connectivity index (χ4n) is 6.02. The lowest BCUT2D eigenvalue weighted by atomic mass is 9.54. The van der Waals surface area contributed by atoms with Gasteiger partial charge in [-0.05, 0) is 53.3 Å². The first kappa shape index (κ1) is 21.7. The summed E-state index contributed by atoms with van der Waals surface area (Å²) in [4.78, 5) is 40.7. The van der Waals surface area contributed by atoms with Crippen LogP contribution in [0.25, 0.3) is 0 Å². The molecule has 1 aliphatic heterocycles. The fraction of sp³-hybridized carbons (Fsp3) is 0.231. The van der Waals surface area contributed by atoms with Crippen molar-refractivity contribution in [3.63, 3.8) is 0 Å². The molecule has 3 aromatic rings. The van der Waals surface area contributed by atoms with Crippen molar-refractivity contribution in [2.24, 2.45) is 11.8 Å². The number of amides is 2. The summed E-state index contributed by atoms with van der Waals surface area (Å²) in [6, 6.07) is 18.6. The minimum Gasteiger partial charge on any atom is -0.274 e. The van der Waals surface area contributed by atoms with E-state index in [0.717, 1.165) is 38.3 Å². The van der Waals surface area contributed by atoms with E-state index in [1.165, 1.54) is 6.07 Å². The van der Waals surface area contributed by atoms with Crippen molar-refractivity contribution < 1.29 is 14.5 Å². The molecule has 0 N–H and O–H groups in total. The maximum Gasteiger partial charge on any atom is 0.293 e. The molecule has 4 aliphatic rings. The smallest absolute Gasteiger partial charge is 0.274 e. The van der Waals surface area contributed by atoms with Crippen LogP contribution in [0, 0.1) is 35.8 Å². The fourth-order valence-corrected chi connectivity index (χ4v) is 8.32. The average Bonchev–Trinajstić information content (AvgIpc) is 3.10. The second-order valence-corrected chi connectivity index (χ2v) is 11.7. The molecule has 0 aromatic heterocycles. The van der Waals surface area contributed by atoms with E-state index >= 15 is 0 Å². The van der Waals surface area contributed by atoms with Gasteiger partial charge in [0.15, 0.2) is 0 Å². The quantitative estimate of drug-likeness (QED) is 0.170.